The van der Waals surface area contributed by atoms with Gasteiger partial charge >= 0.3 is 0 Å². The minimum atomic E-state index is -0.212. The van der Waals surface area contributed by atoms with Gasteiger partial charge in [0, 0.05) is 12.2 Å². The Hall–Kier alpha value is -4.52. The molecule has 6 heteroatoms. The van der Waals surface area contributed by atoms with Crippen molar-refractivity contribution in [3.05, 3.63) is 137 Å². The summed E-state index contributed by atoms with van der Waals surface area (Å²) in [6, 6.07) is 36.9. The van der Waals surface area contributed by atoms with Crippen molar-refractivity contribution in [2.75, 3.05) is 11.9 Å². The number of nitrogens with two attached hydrogens (primary N) is 1. The predicted molar refractivity (Wildman–Crippen MR) is 165 cm³/mol. The molecule has 5 aromatic rings. The number of rotatable bonds is 10. The standard InChI is InChI=1S/C35H35N5O/c1-24-19-33(40(39-24)32-12-5-7-26(20-32)22-36)35(41)38-31-11-6-10-30(21-31)34(37-23-25-13-14-25)29-17-15-28(16-18-29)27-8-3-2-4-9-27/h2-12,15-21,25,34,37H,13-14,22-23,36H2,1H3,(H,38,41). The molecule has 206 valence electrons. The number of aryl methyl sites for hydroxylation is 1. The minimum Gasteiger partial charge on any atom is -0.326 e. The second-order valence-electron chi connectivity index (χ2n) is 10.8. The zero-order valence-corrected chi connectivity index (χ0v) is 23.3. The van der Waals surface area contributed by atoms with Crippen LogP contribution in [0.3, 0.4) is 0 Å². The van der Waals surface area contributed by atoms with Crippen molar-refractivity contribution in [2.45, 2.75) is 32.4 Å². The van der Waals surface area contributed by atoms with E-state index in [-0.39, 0.29) is 11.9 Å². The predicted octanol–water partition coefficient (Wildman–Crippen LogP) is 6.65. The first-order valence-electron chi connectivity index (χ1n) is 14.2. The maximum Gasteiger partial charge on any atom is 0.274 e. The topological polar surface area (TPSA) is 85.0 Å². The summed E-state index contributed by atoms with van der Waals surface area (Å²) in [7, 11) is 0. The van der Waals surface area contributed by atoms with Gasteiger partial charge in [-0.05, 0) is 90.4 Å². The molecule has 1 aliphatic rings. The van der Waals surface area contributed by atoms with Crippen molar-refractivity contribution < 1.29 is 4.79 Å². The molecule has 0 spiro atoms. The minimum absolute atomic E-state index is 0.0176. The molecule has 1 fully saturated rings. The van der Waals surface area contributed by atoms with Crippen molar-refractivity contribution in [1.82, 2.24) is 15.1 Å². The zero-order valence-electron chi connectivity index (χ0n) is 23.3. The summed E-state index contributed by atoms with van der Waals surface area (Å²) < 4.78 is 1.68. The highest BCUT2D eigenvalue weighted by molar-refractivity contribution is 6.03. The molecule has 4 aromatic carbocycles. The summed E-state index contributed by atoms with van der Waals surface area (Å²) in [5.74, 6) is 0.529. The van der Waals surface area contributed by atoms with E-state index in [0.29, 0.717) is 12.2 Å². The van der Waals surface area contributed by atoms with Crippen molar-refractivity contribution >= 4 is 11.6 Å². The van der Waals surface area contributed by atoms with E-state index in [1.165, 1.54) is 29.5 Å². The first-order chi connectivity index (χ1) is 20.1. The summed E-state index contributed by atoms with van der Waals surface area (Å²) in [6.45, 7) is 3.29. The van der Waals surface area contributed by atoms with Crippen LogP contribution in [0.5, 0.6) is 0 Å². The average Bonchev–Trinajstić information content (AvgIpc) is 3.76. The van der Waals surface area contributed by atoms with Gasteiger partial charge in [0.05, 0.1) is 17.4 Å². The lowest BCUT2D eigenvalue weighted by molar-refractivity contribution is 0.101. The highest BCUT2D eigenvalue weighted by Gasteiger charge is 2.24. The average molecular weight is 542 g/mol. The number of nitrogens with one attached hydrogen (secondary N) is 2. The van der Waals surface area contributed by atoms with E-state index >= 15 is 0 Å². The van der Waals surface area contributed by atoms with Gasteiger partial charge in [0.1, 0.15) is 5.69 Å². The van der Waals surface area contributed by atoms with E-state index < -0.39 is 0 Å². The lowest BCUT2D eigenvalue weighted by atomic mass is 9.95. The second-order valence-corrected chi connectivity index (χ2v) is 10.8. The number of carbonyl (C=O) groups is 1. The fourth-order valence-electron chi connectivity index (χ4n) is 5.20. The van der Waals surface area contributed by atoms with Gasteiger partial charge in [-0.1, -0.05) is 78.9 Å². The van der Waals surface area contributed by atoms with Gasteiger partial charge in [-0.2, -0.15) is 5.10 Å². The van der Waals surface area contributed by atoms with E-state index in [9.17, 15) is 4.79 Å². The normalized spacial score (nSPS) is 13.6. The summed E-state index contributed by atoms with van der Waals surface area (Å²) >= 11 is 0. The number of nitrogens with zero attached hydrogens (tertiary/aromatic N) is 2. The van der Waals surface area contributed by atoms with Crippen LogP contribution >= 0.6 is 0 Å². The molecule has 6 nitrogen and oxygen atoms in total. The van der Waals surface area contributed by atoms with E-state index in [1.54, 1.807) is 4.68 Å². The Labute approximate surface area is 241 Å². The molecule has 1 aliphatic carbocycles. The third-order valence-electron chi connectivity index (χ3n) is 7.59. The molecule has 1 aromatic heterocycles. The quantitative estimate of drug-likeness (QED) is 0.185. The summed E-state index contributed by atoms with van der Waals surface area (Å²) in [6.07, 6.45) is 2.56. The first-order valence-corrected chi connectivity index (χ1v) is 14.2. The zero-order chi connectivity index (χ0) is 28.2. The number of amides is 1. The molecule has 0 bridgehead atoms. The molecule has 4 N–H and O–H groups in total. The van der Waals surface area contributed by atoms with Crippen LogP contribution in [0, 0.1) is 12.8 Å². The molecule has 1 atom stereocenters. The van der Waals surface area contributed by atoms with Crippen LogP contribution in [0.15, 0.2) is 109 Å². The molecule has 0 aliphatic heterocycles. The van der Waals surface area contributed by atoms with Crippen LogP contribution in [-0.2, 0) is 6.54 Å². The summed E-state index contributed by atoms with van der Waals surface area (Å²) in [4.78, 5) is 13.5. The van der Waals surface area contributed by atoms with Crippen LogP contribution in [0.2, 0.25) is 0 Å². The van der Waals surface area contributed by atoms with E-state index in [0.717, 1.165) is 40.7 Å². The molecular formula is C35H35N5O. The molecule has 1 unspecified atom stereocenters. The summed E-state index contributed by atoms with van der Waals surface area (Å²) in [5, 5.41) is 11.5. The maximum atomic E-state index is 13.5. The molecule has 6 rings (SSSR count). The Kier molecular flexibility index (Phi) is 7.76. The fraction of sp³-hybridized carbons (Fsp3) is 0.200. The smallest absolute Gasteiger partial charge is 0.274 e. The lowest BCUT2D eigenvalue weighted by Crippen LogP contribution is -2.25. The SMILES string of the molecule is Cc1cc(C(=O)Nc2cccc(C(NCC3CC3)c3ccc(-c4ccccc4)cc3)c2)n(-c2cccc(CN)c2)n1. The van der Waals surface area contributed by atoms with Gasteiger partial charge in [0.2, 0.25) is 0 Å². The third-order valence-corrected chi connectivity index (χ3v) is 7.59. The van der Waals surface area contributed by atoms with Gasteiger partial charge in [-0.3, -0.25) is 4.79 Å². The van der Waals surface area contributed by atoms with Crippen molar-refractivity contribution in [3.63, 3.8) is 0 Å². The Bertz CT molecular complexity index is 1640. The van der Waals surface area contributed by atoms with Crippen LogP contribution < -0.4 is 16.4 Å². The van der Waals surface area contributed by atoms with Crippen LogP contribution in [-0.4, -0.2) is 22.2 Å². The molecule has 1 amide bonds. The van der Waals surface area contributed by atoms with Crippen LogP contribution in [0.25, 0.3) is 16.8 Å². The van der Waals surface area contributed by atoms with Gasteiger partial charge in [0.15, 0.2) is 0 Å². The van der Waals surface area contributed by atoms with E-state index in [2.05, 4.69) is 76.4 Å². The second kappa shape index (κ2) is 11.9. The van der Waals surface area contributed by atoms with Crippen molar-refractivity contribution in [1.29, 1.82) is 0 Å². The molecule has 0 saturated heterocycles. The van der Waals surface area contributed by atoms with Crippen LogP contribution in [0.1, 0.15) is 51.8 Å². The van der Waals surface area contributed by atoms with Crippen molar-refractivity contribution in [3.8, 4) is 16.8 Å². The molecule has 1 saturated carbocycles. The Balaban J connectivity index is 1.25. The number of carbonyl (C=O) groups excluding carboxylic acids is 1. The number of benzene rings is 4. The van der Waals surface area contributed by atoms with Gasteiger partial charge < -0.3 is 16.4 Å². The van der Waals surface area contributed by atoms with Gasteiger partial charge in [0.25, 0.3) is 5.91 Å². The van der Waals surface area contributed by atoms with Gasteiger partial charge in [-0.15, -0.1) is 0 Å². The fourth-order valence-corrected chi connectivity index (χ4v) is 5.20. The lowest BCUT2D eigenvalue weighted by Gasteiger charge is -2.21. The molecule has 0 radical (unpaired) electrons. The van der Waals surface area contributed by atoms with E-state index in [4.69, 9.17) is 5.73 Å². The number of hydrogen-bond donors (Lipinski definition) is 3. The maximum absolute atomic E-state index is 13.5. The molecule has 41 heavy (non-hydrogen) atoms. The highest BCUT2D eigenvalue weighted by atomic mass is 16.2. The van der Waals surface area contributed by atoms with E-state index in [1.807, 2.05) is 55.5 Å². The first kappa shape index (κ1) is 26.7. The molecular weight excluding hydrogens is 506 g/mol. The Morgan fingerprint density at radius 1 is 0.878 bits per heavy atom. The Morgan fingerprint density at radius 3 is 2.39 bits per heavy atom. The third kappa shape index (κ3) is 6.30. The largest absolute Gasteiger partial charge is 0.326 e. The number of hydrogen-bond acceptors (Lipinski definition) is 4. The number of aromatic nitrogens is 2. The monoisotopic (exact) mass is 541 g/mol. The van der Waals surface area contributed by atoms with Gasteiger partial charge in [-0.25, -0.2) is 4.68 Å². The Morgan fingerprint density at radius 2 is 1.63 bits per heavy atom. The van der Waals surface area contributed by atoms with Crippen molar-refractivity contribution in [2.24, 2.45) is 11.7 Å². The van der Waals surface area contributed by atoms with Crippen LogP contribution in [0.4, 0.5) is 5.69 Å². The highest BCUT2D eigenvalue weighted by Crippen LogP contribution is 2.32. The molecule has 1 heterocycles. The summed E-state index contributed by atoms with van der Waals surface area (Å²) in [5.41, 5.74) is 14.3. The number of anilines is 1.